The van der Waals surface area contributed by atoms with E-state index in [9.17, 15) is 10.5 Å². The van der Waals surface area contributed by atoms with Crippen molar-refractivity contribution in [1.82, 2.24) is 14.9 Å². The van der Waals surface area contributed by atoms with Gasteiger partial charge in [-0.1, -0.05) is 24.3 Å². The molecule has 8 nitrogen and oxygen atoms in total. The molecule has 0 aromatic carbocycles. The van der Waals surface area contributed by atoms with E-state index in [1.807, 2.05) is 12.1 Å². The lowest BCUT2D eigenvalue weighted by Crippen LogP contribution is -2.59. The molecule has 2 aliphatic carbocycles. The zero-order valence-corrected chi connectivity index (χ0v) is 22.1. The van der Waals surface area contributed by atoms with E-state index < -0.39 is 10.8 Å². The molecule has 2 saturated heterocycles. The number of pyridine rings is 2. The van der Waals surface area contributed by atoms with E-state index in [1.165, 1.54) is 6.42 Å². The standard InChI is InChI=1S/C17H16N4O.C15H13N3/c1-19-13-4-12(7-20-8-13)17(11-18)5-14-2-3-15(6-17)21(14)16-9-22-10-16;1-17-14-5-13(8-18-9-14)15(10-16)6-11-2-3-12(4-11)7-15/h2-4,7-8,14-16H,5-6,9-10H2;2-3,5,8-9,11-12H,4,6-7H2/t14-,15+,17?;11-,12+,15?. The molecule has 0 spiro atoms. The third-order valence-electron chi connectivity index (χ3n) is 9.20. The molecule has 3 aliphatic heterocycles. The van der Waals surface area contributed by atoms with Crippen LogP contribution >= 0.6 is 0 Å². The molecule has 4 bridgehead atoms. The second-order valence-electron chi connectivity index (χ2n) is 11.6. The van der Waals surface area contributed by atoms with Gasteiger partial charge in [-0.15, -0.1) is 0 Å². The van der Waals surface area contributed by atoms with Gasteiger partial charge >= 0.3 is 0 Å². The van der Waals surface area contributed by atoms with Gasteiger partial charge in [0.1, 0.15) is 0 Å². The molecule has 2 unspecified atom stereocenters. The number of allylic oxidation sites excluding steroid dienone is 2. The highest BCUT2D eigenvalue weighted by atomic mass is 16.5. The number of hydrogen-bond acceptors (Lipinski definition) is 6. The summed E-state index contributed by atoms with van der Waals surface area (Å²) in [6.45, 7) is 15.8. The molecular formula is C32H29N7O. The second kappa shape index (κ2) is 10.3. The number of hydrogen-bond donors (Lipinski definition) is 0. The zero-order chi connectivity index (χ0) is 27.7. The fourth-order valence-electron chi connectivity index (χ4n) is 7.21. The number of ether oxygens (including phenoxy) is 1. The van der Waals surface area contributed by atoms with Crippen molar-refractivity contribution in [2.24, 2.45) is 11.8 Å². The predicted octanol–water partition coefficient (Wildman–Crippen LogP) is 5.58. The van der Waals surface area contributed by atoms with Crippen LogP contribution in [0.25, 0.3) is 9.69 Å². The summed E-state index contributed by atoms with van der Waals surface area (Å²) in [4.78, 5) is 17.6. The van der Waals surface area contributed by atoms with Crippen LogP contribution in [0.3, 0.4) is 0 Å². The molecule has 2 aromatic heterocycles. The van der Waals surface area contributed by atoms with Gasteiger partial charge in [0.15, 0.2) is 0 Å². The number of nitrogens with zero attached hydrogens (tertiary/aromatic N) is 7. The Bertz CT molecular complexity index is 1500. The minimum atomic E-state index is -0.548. The summed E-state index contributed by atoms with van der Waals surface area (Å²) in [7, 11) is 0. The Morgan fingerprint density at radius 1 is 0.775 bits per heavy atom. The summed E-state index contributed by atoms with van der Waals surface area (Å²) in [5.74, 6) is 1.03. The Labute approximate surface area is 234 Å². The summed E-state index contributed by atoms with van der Waals surface area (Å²) < 4.78 is 5.33. The lowest BCUT2D eigenvalue weighted by atomic mass is 9.66. The second-order valence-corrected chi connectivity index (χ2v) is 11.6. The van der Waals surface area contributed by atoms with Crippen molar-refractivity contribution in [3.63, 3.8) is 0 Å². The third-order valence-corrected chi connectivity index (χ3v) is 9.20. The summed E-state index contributed by atoms with van der Waals surface area (Å²) in [6, 6.07) is 9.74. The first-order valence-electron chi connectivity index (χ1n) is 13.7. The molecule has 5 aliphatic rings. The lowest BCUT2D eigenvalue weighted by Gasteiger charge is -2.49. The number of nitriles is 2. The van der Waals surface area contributed by atoms with Gasteiger partial charge in [-0.3, -0.25) is 14.9 Å². The Balaban J connectivity index is 0.000000148. The molecule has 0 amide bonds. The minimum absolute atomic E-state index is 0.281. The van der Waals surface area contributed by atoms with E-state index in [4.69, 9.17) is 17.9 Å². The summed E-state index contributed by atoms with van der Waals surface area (Å²) in [5, 5.41) is 19.5. The summed E-state index contributed by atoms with van der Waals surface area (Å²) in [6.07, 6.45) is 20.0. The van der Waals surface area contributed by atoms with Gasteiger partial charge in [0, 0.05) is 36.9 Å². The van der Waals surface area contributed by atoms with Gasteiger partial charge in [0.2, 0.25) is 11.4 Å². The Kier molecular flexibility index (Phi) is 6.69. The van der Waals surface area contributed by atoms with E-state index in [0.717, 1.165) is 50.0 Å². The smallest absolute Gasteiger partial charge is 0.205 e. The van der Waals surface area contributed by atoms with Gasteiger partial charge in [0.25, 0.3) is 0 Å². The van der Waals surface area contributed by atoms with Gasteiger partial charge in [-0.2, -0.15) is 10.5 Å². The summed E-state index contributed by atoms with van der Waals surface area (Å²) in [5.41, 5.74) is 1.82. The molecule has 6 atom stereocenters. The average Bonchev–Trinajstić information content (AvgIpc) is 3.45. The van der Waals surface area contributed by atoms with Crippen LogP contribution in [-0.4, -0.2) is 46.2 Å². The van der Waals surface area contributed by atoms with Crippen LogP contribution in [0.4, 0.5) is 11.4 Å². The van der Waals surface area contributed by atoms with Crippen molar-refractivity contribution < 1.29 is 4.74 Å². The number of aromatic nitrogens is 2. The predicted molar refractivity (Wildman–Crippen MR) is 148 cm³/mol. The molecule has 0 radical (unpaired) electrons. The Hall–Kier alpha value is -4.34. The van der Waals surface area contributed by atoms with Crippen molar-refractivity contribution in [2.75, 3.05) is 13.2 Å². The maximum Gasteiger partial charge on any atom is 0.205 e. The molecule has 198 valence electrons. The first-order chi connectivity index (χ1) is 19.5. The fourth-order valence-corrected chi connectivity index (χ4v) is 7.21. The van der Waals surface area contributed by atoms with Crippen LogP contribution in [0.5, 0.6) is 0 Å². The molecule has 8 heteroatoms. The number of piperidine rings is 1. The maximum atomic E-state index is 9.89. The molecule has 1 saturated carbocycles. The zero-order valence-electron chi connectivity index (χ0n) is 22.1. The largest absolute Gasteiger partial charge is 0.378 e. The van der Waals surface area contributed by atoms with Crippen LogP contribution < -0.4 is 0 Å². The molecule has 7 rings (SSSR count). The van der Waals surface area contributed by atoms with Crippen LogP contribution in [0, 0.1) is 47.6 Å². The average molecular weight is 528 g/mol. The van der Waals surface area contributed by atoms with Crippen molar-refractivity contribution in [3.05, 3.63) is 95.2 Å². The highest BCUT2D eigenvalue weighted by Gasteiger charge is 2.50. The highest BCUT2D eigenvalue weighted by Crippen LogP contribution is 2.49. The molecular weight excluding hydrogens is 498 g/mol. The lowest BCUT2D eigenvalue weighted by molar-refractivity contribution is -0.0920. The van der Waals surface area contributed by atoms with Crippen LogP contribution in [-0.2, 0) is 15.6 Å². The Morgan fingerprint density at radius 3 is 1.70 bits per heavy atom. The number of fused-ring (bicyclic) bond motifs is 4. The topological polar surface area (TPSA) is 94.5 Å². The third kappa shape index (κ3) is 4.47. The van der Waals surface area contributed by atoms with Gasteiger partial charge in [0.05, 0.1) is 55.4 Å². The quantitative estimate of drug-likeness (QED) is 0.382. The van der Waals surface area contributed by atoms with E-state index in [2.05, 4.69) is 61.0 Å². The maximum absolute atomic E-state index is 9.89. The van der Waals surface area contributed by atoms with Gasteiger partial charge < -0.3 is 4.74 Å². The Morgan fingerprint density at radius 2 is 1.27 bits per heavy atom. The normalized spacial score (nSPS) is 33.4. The molecule has 0 N–H and O–H groups in total. The first kappa shape index (κ1) is 25.9. The van der Waals surface area contributed by atoms with Gasteiger partial charge in [-0.05, 0) is 67.2 Å². The van der Waals surface area contributed by atoms with Crippen LogP contribution in [0.2, 0.25) is 0 Å². The van der Waals surface area contributed by atoms with E-state index >= 15 is 0 Å². The fraction of sp³-hybridized carbons (Fsp3) is 0.438. The van der Waals surface area contributed by atoms with Crippen molar-refractivity contribution in [2.45, 2.75) is 61.1 Å². The molecule has 2 aromatic rings. The molecule has 5 heterocycles. The SMILES string of the molecule is [C-]#[N+]c1cncc(C2(C#N)C[C@@H]3C=C[C@@H](C3)C2)c1.[C-]#[N+]c1cncc(C2(C#N)C[C@H]3C=C[C@@H](C2)N3C2COC2)c1. The molecule has 40 heavy (non-hydrogen) atoms. The van der Waals surface area contributed by atoms with E-state index in [0.29, 0.717) is 29.3 Å². The first-order valence-corrected chi connectivity index (χ1v) is 13.7. The van der Waals surface area contributed by atoms with Crippen molar-refractivity contribution >= 4 is 11.4 Å². The highest BCUT2D eigenvalue weighted by molar-refractivity contribution is 5.49. The van der Waals surface area contributed by atoms with Crippen LogP contribution in [0.15, 0.2) is 61.2 Å². The van der Waals surface area contributed by atoms with Gasteiger partial charge in [-0.25, -0.2) is 9.69 Å². The van der Waals surface area contributed by atoms with E-state index in [-0.39, 0.29) is 12.1 Å². The van der Waals surface area contributed by atoms with Crippen molar-refractivity contribution in [3.8, 4) is 12.1 Å². The molecule has 3 fully saturated rings. The summed E-state index contributed by atoms with van der Waals surface area (Å²) >= 11 is 0. The van der Waals surface area contributed by atoms with Crippen molar-refractivity contribution in [1.29, 1.82) is 10.5 Å². The van der Waals surface area contributed by atoms with Crippen LogP contribution in [0.1, 0.15) is 43.2 Å². The number of rotatable bonds is 3. The monoisotopic (exact) mass is 527 g/mol. The minimum Gasteiger partial charge on any atom is -0.378 e. The van der Waals surface area contributed by atoms with E-state index in [1.54, 1.807) is 24.8 Å².